The molecule has 0 spiro atoms. The summed E-state index contributed by atoms with van der Waals surface area (Å²) in [6, 6.07) is 3.17. The number of nitro benzene ring substituents is 1. The van der Waals surface area contributed by atoms with Crippen LogP contribution in [0.25, 0.3) is 0 Å². The van der Waals surface area contributed by atoms with Crippen LogP contribution in [0.4, 0.5) is 11.4 Å². The molecule has 8 heteroatoms. The van der Waals surface area contributed by atoms with E-state index in [0.29, 0.717) is 6.42 Å². The van der Waals surface area contributed by atoms with Gasteiger partial charge in [-0.15, -0.1) is 0 Å². The summed E-state index contributed by atoms with van der Waals surface area (Å²) in [6.07, 6.45) is 0.463. The van der Waals surface area contributed by atoms with E-state index in [2.05, 4.69) is 4.72 Å². The molecule has 0 unspecified atom stereocenters. The van der Waals surface area contributed by atoms with Gasteiger partial charge in [0.2, 0.25) is 10.0 Å². The summed E-state index contributed by atoms with van der Waals surface area (Å²) in [5, 5.41) is 20.1. The minimum atomic E-state index is -3.63. The van der Waals surface area contributed by atoms with E-state index >= 15 is 0 Å². The summed E-state index contributed by atoms with van der Waals surface area (Å²) in [4.78, 5) is 9.93. The molecular formula is C11H16N2O5S. The van der Waals surface area contributed by atoms with Crippen LogP contribution in [-0.4, -0.2) is 24.2 Å². The van der Waals surface area contributed by atoms with Gasteiger partial charge in [0, 0.05) is 12.1 Å². The van der Waals surface area contributed by atoms with E-state index < -0.39 is 14.9 Å². The first-order valence-electron chi connectivity index (χ1n) is 5.69. The Kier molecular flexibility index (Phi) is 4.71. The van der Waals surface area contributed by atoms with Crippen LogP contribution >= 0.6 is 0 Å². The lowest BCUT2D eigenvalue weighted by molar-refractivity contribution is -0.384. The predicted molar refractivity (Wildman–Crippen MR) is 71.6 cm³/mol. The maximum atomic E-state index is 11.7. The third-order valence-electron chi connectivity index (χ3n) is 2.42. The number of hydrogen-bond donors (Lipinski definition) is 2. The van der Waals surface area contributed by atoms with Crippen LogP contribution in [0.5, 0.6) is 5.75 Å². The van der Waals surface area contributed by atoms with Gasteiger partial charge in [-0.1, -0.05) is 13.8 Å². The van der Waals surface area contributed by atoms with Crippen LogP contribution in [0.15, 0.2) is 18.2 Å². The number of hydrogen-bond acceptors (Lipinski definition) is 5. The molecule has 0 saturated carbocycles. The third kappa shape index (κ3) is 4.74. The van der Waals surface area contributed by atoms with Crippen LogP contribution in [0.2, 0.25) is 0 Å². The number of aromatic hydroxyl groups is 1. The van der Waals surface area contributed by atoms with Gasteiger partial charge in [-0.05, 0) is 18.4 Å². The van der Waals surface area contributed by atoms with Crippen LogP contribution in [-0.2, 0) is 10.0 Å². The molecule has 0 atom stereocenters. The van der Waals surface area contributed by atoms with E-state index in [1.165, 1.54) is 0 Å². The minimum absolute atomic E-state index is 0.104. The van der Waals surface area contributed by atoms with Gasteiger partial charge in [-0.2, -0.15) is 0 Å². The zero-order valence-corrected chi connectivity index (χ0v) is 11.5. The van der Waals surface area contributed by atoms with Crippen molar-refractivity contribution in [2.24, 2.45) is 5.92 Å². The number of phenols is 1. The Balaban J connectivity index is 2.92. The molecule has 0 radical (unpaired) electrons. The third-order valence-corrected chi connectivity index (χ3v) is 3.72. The van der Waals surface area contributed by atoms with Crippen LogP contribution < -0.4 is 4.72 Å². The van der Waals surface area contributed by atoms with Crippen molar-refractivity contribution in [3.05, 3.63) is 28.3 Å². The lowest BCUT2D eigenvalue weighted by Crippen LogP contribution is -2.18. The van der Waals surface area contributed by atoms with Crippen molar-refractivity contribution in [1.82, 2.24) is 0 Å². The normalized spacial score (nSPS) is 11.5. The smallest absolute Gasteiger partial charge is 0.271 e. The highest BCUT2D eigenvalue weighted by Crippen LogP contribution is 2.28. The van der Waals surface area contributed by atoms with Crippen molar-refractivity contribution < 1.29 is 18.4 Å². The average Bonchev–Trinajstić information content (AvgIpc) is 2.29. The molecule has 0 amide bonds. The average molecular weight is 288 g/mol. The standard InChI is InChI=1S/C11H16N2O5S/c1-8(2)5-6-19(17,18)12-10-7-9(13(15)16)3-4-11(10)14/h3-4,7-8,12,14H,5-6H2,1-2H3. The number of phenolic OH excluding ortho intramolecular Hbond substituents is 1. The fraction of sp³-hybridized carbons (Fsp3) is 0.455. The van der Waals surface area contributed by atoms with Gasteiger partial charge in [-0.3, -0.25) is 14.8 Å². The SMILES string of the molecule is CC(C)CCS(=O)(=O)Nc1cc([N+](=O)[O-])ccc1O. The molecule has 7 nitrogen and oxygen atoms in total. The Bertz CT molecular complexity index is 568. The molecule has 0 aliphatic heterocycles. The number of sulfonamides is 1. The van der Waals surface area contributed by atoms with Gasteiger partial charge < -0.3 is 5.11 Å². The molecule has 0 bridgehead atoms. The first-order valence-corrected chi connectivity index (χ1v) is 7.34. The molecule has 1 aromatic rings. The van der Waals surface area contributed by atoms with Crippen LogP contribution in [0.3, 0.4) is 0 Å². The first kappa shape index (κ1) is 15.2. The van der Waals surface area contributed by atoms with E-state index in [-0.39, 0.29) is 28.8 Å². The van der Waals surface area contributed by atoms with Crippen LogP contribution in [0.1, 0.15) is 20.3 Å². The maximum Gasteiger partial charge on any atom is 0.271 e. The molecule has 0 aliphatic rings. The second-order valence-corrected chi connectivity index (χ2v) is 6.40. The fourth-order valence-corrected chi connectivity index (χ4v) is 2.71. The van der Waals surface area contributed by atoms with Crippen molar-refractivity contribution in [3.8, 4) is 5.75 Å². The monoisotopic (exact) mass is 288 g/mol. The zero-order valence-electron chi connectivity index (χ0n) is 10.7. The molecule has 106 valence electrons. The van der Waals surface area contributed by atoms with Crippen LogP contribution in [0, 0.1) is 16.0 Å². The summed E-state index contributed by atoms with van der Waals surface area (Å²) in [7, 11) is -3.63. The molecule has 0 aliphatic carbocycles. The van der Waals surface area contributed by atoms with Crippen molar-refractivity contribution >= 4 is 21.4 Å². The number of benzene rings is 1. The molecule has 0 heterocycles. The maximum absolute atomic E-state index is 11.7. The molecule has 0 fully saturated rings. The van der Waals surface area contributed by atoms with Gasteiger partial charge in [0.15, 0.2) is 0 Å². The highest BCUT2D eigenvalue weighted by Gasteiger charge is 2.16. The van der Waals surface area contributed by atoms with E-state index in [1.54, 1.807) is 0 Å². The van der Waals surface area contributed by atoms with Crippen molar-refractivity contribution in [1.29, 1.82) is 0 Å². The van der Waals surface area contributed by atoms with E-state index in [4.69, 9.17) is 0 Å². The predicted octanol–water partition coefficient (Wildman–Crippen LogP) is 2.09. The molecule has 0 saturated heterocycles. The topological polar surface area (TPSA) is 110 Å². The number of nitro groups is 1. The summed E-state index contributed by atoms with van der Waals surface area (Å²) >= 11 is 0. The quantitative estimate of drug-likeness (QED) is 0.473. The van der Waals surface area contributed by atoms with Crippen molar-refractivity contribution in [2.45, 2.75) is 20.3 Å². The number of rotatable bonds is 6. The Morgan fingerprint density at radius 1 is 1.42 bits per heavy atom. The summed E-state index contributed by atoms with van der Waals surface area (Å²) in [5.74, 6) is -0.235. The van der Waals surface area contributed by atoms with Gasteiger partial charge in [0.1, 0.15) is 5.75 Å². The Morgan fingerprint density at radius 2 is 2.05 bits per heavy atom. The minimum Gasteiger partial charge on any atom is -0.506 e. The Labute approximate surface area is 111 Å². The molecule has 0 aromatic heterocycles. The lowest BCUT2D eigenvalue weighted by atomic mass is 10.2. The summed E-state index contributed by atoms with van der Waals surface area (Å²) in [6.45, 7) is 3.78. The Hall–Kier alpha value is -1.83. The molecular weight excluding hydrogens is 272 g/mol. The van der Waals surface area contributed by atoms with E-state index in [0.717, 1.165) is 18.2 Å². The zero-order chi connectivity index (χ0) is 14.6. The Morgan fingerprint density at radius 3 is 2.58 bits per heavy atom. The number of non-ortho nitro benzene ring substituents is 1. The fourth-order valence-electron chi connectivity index (χ4n) is 1.33. The highest BCUT2D eigenvalue weighted by atomic mass is 32.2. The van der Waals surface area contributed by atoms with Crippen molar-refractivity contribution in [2.75, 3.05) is 10.5 Å². The van der Waals surface area contributed by atoms with Gasteiger partial charge in [0.25, 0.3) is 5.69 Å². The lowest BCUT2D eigenvalue weighted by Gasteiger charge is -2.10. The molecule has 19 heavy (non-hydrogen) atoms. The first-order chi connectivity index (χ1) is 8.71. The second kappa shape index (κ2) is 5.87. The summed E-state index contributed by atoms with van der Waals surface area (Å²) in [5.41, 5.74) is -0.475. The second-order valence-electron chi connectivity index (χ2n) is 4.56. The molecule has 1 rings (SSSR count). The molecule has 1 aromatic carbocycles. The summed E-state index contributed by atoms with van der Waals surface area (Å²) < 4.78 is 25.6. The molecule has 2 N–H and O–H groups in total. The van der Waals surface area contributed by atoms with Crippen molar-refractivity contribution in [3.63, 3.8) is 0 Å². The van der Waals surface area contributed by atoms with Gasteiger partial charge in [-0.25, -0.2) is 8.42 Å². The number of anilines is 1. The number of nitrogens with one attached hydrogen (secondary N) is 1. The van der Waals surface area contributed by atoms with E-state index in [1.807, 2.05) is 13.8 Å². The number of nitrogens with zero attached hydrogens (tertiary/aromatic N) is 1. The van der Waals surface area contributed by atoms with E-state index in [9.17, 15) is 23.6 Å². The highest BCUT2D eigenvalue weighted by molar-refractivity contribution is 7.92. The van der Waals surface area contributed by atoms with Gasteiger partial charge in [0.05, 0.1) is 16.4 Å². The largest absolute Gasteiger partial charge is 0.506 e. The van der Waals surface area contributed by atoms with Gasteiger partial charge >= 0.3 is 0 Å².